The third-order valence-corrected chi connectivity index (χ3v) is 4.18. The van der Waals surface area contributed by atoms with Crippen LogP contribution in [0.1, 0.15) is 48.0 Å². The molecule has 0 aliphatic carbocycles. The van der Waals surface area contributed by atoms with E-state index in [1.807, 2.05) is 6.20 Å². The van der Waals surface area contributed by atoms with Gasteiger partial charge >= 0.3 is 7.12 Å². The molecule has 0 spiro atoms. The highest BCUT2D eigenvalue weighted by molar-refractivity contribution is 6.62. The highest BCUT2D eigenvalue weighted by Gasteiger charge is 2.61. The maximum absolute atomic E-state index is 6.34. The monoisotopic (exact) mass is 250 g/mol. The molecule has 0 saturated carbocycles. The fraction of sp³-hybridized carbons (Fsp3) is 0.769. The second-order valence-electron chi connectivity index (χ2n) is 6.54. The van der Waals surface area contributed by atoms with Gasteiger partial charge < -0.3 is 9.31 Å². The van der Waals surface area contributed by atoms with Crippen molar-refractivity contribution in [3.63, 3.8) is 0 Å². The van der Waals surface area contributed by atoms with E-state index in [4.69, 9.17) is 9.31 Å². The van der Waals surface area contributed by atoms with Gasteiger partial charge in [-0.3, -0.25) is 5.10 Å². The molecule has 1 aliphatic heterocycles. The van der Waals surface area contributed by atoms with E-state index in [1.165, 1.54) is 0 Å². The van der Waals surface area contributed by atoms with Crippen LogP contribution in [-0.2, 0) is 9.31 Å². The zero-order chi connectivity index (χ0) is 13.6. The quantitative estimate of drug-likeness (QED) is 0.818. The first-order valence-corrected chi connectivity index (χ1v) is 6.58. The average Bonchev–Trinajstić information content (AvgIpc) is 2.81. The van der Waals surface area contributed by atoms with Crippen molar-refractivity contribution < 1.29 is 9.31 Å². The van der Waals surface area contributed by atoms with Crippen molar-refractivity contribution in [2.75, 3.05) is 0 Å². The molecule has 1 aromatic heterocycles. The predicted molar refractivity (Wildman–Crippen MR) is 72.7 cm³/mol. The van der Waals surface area contributed by atoms with Crippen LogP contribution in [0, 0.1) is 5.41 Å². The van der Waals surface area contributed by atoms with Gasteiger partial charge in [0.15, 0.2) is 0 Å². The Morgan fingerprint density at radius 2 is 2.00 bits per heavy atom. The third-order valence-electron chi connectivity index (χ3n) is 4.18. The van der Waals surface area contributed by atoms with Gasteiger partial charge in [0.1, 0.15) is 0 Å². The summed E-state index contributed by atoms with van der Waals surface area (Å²) in [6.07, 6.45) is 4.50. The minimum atomic E-state index is -0.335. The van der Waals surface area contributed by atoms with Crippen molar-refractivity contribution in [3.8, 4) is 0 Å². The molecule has 1 aromatic rings. The first kappa shape index (κ1) is 13.6. The molecule has 4 nitrogen and oxygen atoms in total. The number of hydrogen-bond acceptors (Lipinski definition) is 3. The molecule has 1 atom stereocenters. The second kappa shape index (κ2) is 4.10. The van der Waals surface area contributed by atoms with Gasteiger partial charge in [-0.25, -0.2) is 0 Å². The molecule has 1 saturated heterocycles. The summed E-state index contributed by atoms with van der Waals surface area (Å²) in [5.74, 6) is 0. The van der Waals surface area contributed by atoms with E-state index >= 15 is 0 Å². The van der Waals surface area contributed by atoms with Gasteiger partial charge in [-0.1, -0.05) is 27.7 Å². The van der Waals surface area contributed by atoms with Crippen molar-refractivity contribution in [1.82, 2.24) is 10.2 Å². The molecule has 0 radical (unpaired) electrons. The number of aromatic nitrogens is 2. The number of nitrogens with zero attached hydrogens (tertiary/aromatic N) is 1. The van der Waals surface area contributed by atoms with E-state index in [0.29, 0.717) is 0 Å². The van der Waals surface area contributed by atoms with Crippen LogP contribution in [0.25, 0.3) is 0 Å². The van der Waals surface area contributed by atoms with Crippen molar-refractivity contribution in [3.05, 3.63) is 12.4 Å². The lowest BCUT2D eigenvalue weighted by atomic mass is 9.66. The van der Waals surface area contributed by atoms with Crippen molar-refractivity contribution in [2.24, 2.45) is 5.41 Å². The Morgan fingerprint density at radius 1 is 1.33 bits per heavy atom. The number of H-pyrrole nitrogens is 1. The largest absolute Gasteiger partial charge is 0.498 e. The minimum Gasteiger partial charge on any atom is -0.399 e. The zero-order valence-corrected chi connectivity index (χ0v) is 12.2. The van der Waals surface area contributed by atoms with Crippen molar-refractivity contribution in [1.29, 1.82) is 0 Å². The van der Waals surface area contributed by atoms with Gasteiger partial charge in [-0.15, -0.1) is 0 Å². The SMILES string of the molecule is CCC1(C(C)(C)C)OB(c2cn[nH]c2)OC1(C)C. The zero-order valence-electron chi connectivity index (χ0n) is 12.2. The summed E-state index contributed by atoms with van der Waals surface area (Å²) in [6.45, 7) is 13.0. The summed E-state index contributed by atoms with van der Waals surface area (Å²) in [5, 5.41) is 6.77. The van der Waals surface area contributed by atoms with Crippen LogP contribution in [0.4, 0.5) is 0 Å². The van der Waals surface area contributed by atoms with Gasteiger partial charge in [0.25, 0.3) is 0 Å². The maximum Gasteiger partial charge on any atom is 0.498 e. The first-order valence-electron chi connectivity index (χ1n) is 6.58. The van der Waals surface area contributed by atoms with E-state index in [2.05, 4.69) is 51.7 Å². The molecule has 1 unspecified atom stereocenters. The fourth-order valence-corrected chi connectivity index (χ4v) is 3.36. The Kier molecular flexibility index (Phi) is 3.10. The Hall–Kier alpha value is -0.805. The number of nitrogens with one attached hydrogen (secondary N) is 1. The topological polar surface area (TPSA) is 47.1 Å². The fourth-order valence-electron chi connectivity index (χ4n) is 3.36. The molecule has 5 heteroatoms. The summed E-state index contributed by atoms with van der Waals surface area (Å²) in [4.78, 5) is 0. The summed E-state index contributed by atoms with van der Waals surface area (Å²) < 4.78 is 12.5. The lowest BCUT2D eigenvalue weighted by molar-refractivity contribution is -0.103. The summed E-state index contributed by atoms with van der Waals surface area (Å²) >= 11 is 0. The maximum atomic E-state index is 6.34. The van der Waals surface area contributed by atoms with Crippen LogP contribution >= 0.6 is 0 Å². The first-order chi connectivity index (χ1) is 8.23. The predicted octanol–water partition coefficient (Wildman–Crippen LogP) is 2.13. The molecule has 2 rings (SSSR count). The van der Waals surface area contributed by atoms with Crippen LogP contribution in [0.5, 0.6) is 0 Å². The van der Waals surface area contributed by atoms with Crippen LogP contribution in [0.2, 0.25) is 0 Å². The number of rotatable bonds is 2. The van der Waals surface area contributed by atoms with Gasteiger partial charge in [0, 0.05) is 17.9 Å². The highest BCUT2D eigenvalue weighted by Crippen LogP contribution is 2.50. The Morgan fingerprint density at radius 3 is 2.39 bits per heavy atom. The molecular weight excluding hydrogens is 227 g/mol. The van der Waals surface area contributed by atoms with Crippen LogP contribution in [-0.4, -0.2) is 28.5 Å². The van der Waals surface area contributed by atoms with Crippen molar-refractivity contribution in [2.45, 2.75) is 59.2 Å². The molecule has 0 amide bonds. The van der Waals surface area contributed by atoms with E-state index in [-0.39, 0.29) is 23.7 Å². The lowest BCUT2D eigenvalue weighted by Crippen LogP contribution is -2.56. The summed E-state index contributed by atoms with van der Waals surface area (Å²) in [5.41, 5.74) is 0.316. The van der Waals surface area contributed by atoms with Crippen LogP contribution < -0.4 is 5.46 Å². The highest BCUT2D eigenvalue weighted by atomic mass is 16.7. The third kappa shape index (κ3) is 1.80. The lowest BCUT2D eigenvalue weighted by Gasteiger charge is -2.48. The van der Waals surface area contributed by atoms with Crippen molar-refractivity contribution >= 4 is 12.6 Å². The molecule has 18 heavy (non-hydrogen) atoms. The normalized spacial score (nSPS) is 27.8. The summed E-state index contributed by atoms with van der Waals surface area (Å²) in [7, 11) is -0.335. The van der Waals surface area contributed by atoms with Gasteiger partial charge in [-0.2, -0.15) is 5.10 Å². The average molecular weight is 250 g/mol. The minimum absolute atomic E-state index is 0.00371. The Balaban J connectivity index is 2.38. The van der Waals surface area contributed by atoms with E-state index in [1.54, 1.807) is 6.20 Å². The number of hydrogen-bond donors (Lipinski definition) is 1. The molecule has 1 fully saturated rings. The Bertz CT molecular complexity index is 411. The Labute approximate surface area is 110 Å². The molecule has 2 heterocycles. The standard InChI is InChI=1S/C13H23BN2O2/c1-7-13(11(2,3)4)12(5,6)17-14(18-13)10-8-15-16-9-10/h8-9H,7H2,1-6H3,(H,15,16). The number of aromatic amines is 1. The molecular formula is C13H23BN2O2. The van der Waals surface area contributed by atoms with E-state index in [9.17, 15) is 0 Å². The smallest absolute Gasteiger partial charge is 0.399 e. The molecule has 100 valence electrons. The van der Waals surface area contributed by atoms with Gasteiger partial charge in [0.05, 0.1) is 11.2 Å². The van der Waals surface area contributed by atoms with E-state index in [0.717, 1.165) is 11.9 Å². The van der Waals surface area contributed by atoms with Crippen LogP contribution in [0.3, 0.4) is 0 Å². The van der Waals surface area contributed by atoms with Gasteiger partial charge in [0.2, 0.25) is 0 Å². The van der Waals surface area contributed by atoms with Crippen LogP contribution in [0.15, 0.2) is 12.4 Å². The molecule has 1 N–H and O–H groups in total. The molecule has 1 aliphatic rings. The summed E-state index contributed by atoms with van der Waals surface area (Å²) in [6, 6.07) is 0. The second-order valence-corrected chi connectivity index (χ2v) is 6.54. The molecule has 0 aromatic carbocycles. The van der Waals surface area contributed by atoms with E-state index < -0.39 is 0 Å². The molecule has 0 bridgehead atoms. The van der Waals surface area contributed by atoms with Gasteiger partial charge in [-0.05, 0) is 25.7 Å².